The van der Waals surface area contributed by atoms with Gasteiger partial charge in [-0.15, -0.1) is 0 Å². The molecule has 0 spiro atoms. The van der Waals surface area contributed by atoms with Crippen LogP contribution in [0.1, 0.15) is 19.8 Å². The third-order valence-electron chi connectivity index (χ3n) is 4.04. The summed E-state index contributed by atoms with van der Waals surface area (Å²) in [6.07, 6.45) is 1.34. The van der Waals surface area contributed by atoms with Gasteiger partial charge < -0.3 is 15.2 Å². The SMILES string of the molecule is CC1CC(N)CCN1S(=O)(=O)c1cc2c(cc1Br)OCCO2. The normalized spacial score (nSPS) is 26.0. The number of hydrogen-bond acceptors (Lipinski definition) is 5. The van der Waals surface area contributed by atoms with Gasteiger partial charge in [0.1, 0.15) is 18.1 Å². The number of rotatable bonds is 2. The van der Waals surface area contributed by atoms with Gasteiger partial charge in [-0.2, -0.15) is 4.31 Å². The van der Waals surface area contributed by atoms with Crippen LogP contribution in [0.25, 0.3) is 0 Å². The number of nitrogens with two attached hydrogens (primary N) is 1. The van der Waals surface area contributed by atoms with Gasteiger partial charge in [0.25, 0.3) is 0 Å². The van der Waals surface area contributed by atoms with Crippen molar-refractivity contribution in [2.24, 2.45) is 5.73 Å². The molecule has 1 aromatic rings. The maximum atomic E-state index is 13.0. The Kier molecular flexibility index (Phi) is 4.37. The van der Waals surface area contributed by atoms with Gasteiger partial charge in [-0.3, -0.25) is 0 Å². The van der Waals surface area contributed by atoms with Crippen LogP contribution in [0.5, 0.6) is 11.5 Å². The first-order valence-electron chi connectivity index (χ1n) is 7.26. The summed E-state index contributed by atoms with van der Waals surface area (Å²) >= 11 is 3.34. The Bertz CT molecular complexity index is 680. The number of sulfonamides is 1. The maximum Gasteiger partial charge on any atom is 0.244 e. The maximum absolute atomic E-state index is 13.0. The third kappa shape index (κ3) is 2.84. The monoisotopic (exact) mass is 390 g/mol. The average Bonchev–Trinajstić information content (AvgIpc) is 2.46. The van der Waals surface area contributed by atoms with Gasteiger partial charge >= 0.3 is 0 Å². The predicted molar refractivity (Wildman–Crippen MR) is 85.7 cm³/mol. The molecule has 0 amide bonds. The lowest BCUT2D eigenvalue weighted by Gasteiger charge is -2.35. The van der Waals surface area contributed by atoms with Crippen molar-refractivity contribution >= 4 is 26.0 Å². The van der Waals surface area contributed by atoms with E-state index in [1.807, 2.05) is 6.92 Å². The molecular formula is C14H19BrN2O4S. The lowest BCUT2D eigenvalue weighted by Crippen LogP contribution is -2.48. The molecule has 22 heavy (non-hydrogen) atoms. The molecule has 2 aliphatic heterocycles. The van der Waals surface area contributed by atoms with E-state index in [2.05, 4.69) is 15.9 Å². The second kappa shape index (κ2) is 5.99. The van der Waals surface area contributed by atoms with Crippen LogP contribution < -0.4 is 15.2 Å². The minimum absolute atomic E-state index is 0.0603. The van der Waals surface area contributed by atoms with Crippen LogP contribution in [0.4, 0.5) is 0 Å². The van der Waals surface area contributed by atoms with E-state index in [0.29, 0.717) is 48.6 Å². The highest BCUT2D eigenvalue weighted by Gasteiger charge is 2.35. The summed E-state index contributed by atoms with van der Waals surface area (Å²) in [4.78, 5) is 0.207. The third-order valence-corrected chi connectivity index (χ3v) is 7.01. The van der Waals surface area contributed by atoms with Crippen molar-refractivity contribution in [3.8, 4) is 11.5 Å². The molecule has 0 bridgehead atoms. The molecule has 122 valence electrons. The zero-order valence-electron chi connectivity index (χ0n) is 12.3. The molecule has 1 aromatic carbocycles. The lowest BCUT2D eigenvalue weighted by molar-refractivity contribution is 0.170. The van der Waals surface area contributed by atoms with Crippen LogP contribution >= 0.6 is 15.9 Å². The first kappa shape index (κ1) is 16.0. The number of fused-ring (bicyclic) bond motifs is 1. The number of benzene rings is 1. The predicted octanol–water partition coefficient (Wildman–Crippen LogP) is 1.72. The molecule has 0 saturated carbocycles. The highest BCUT2D eigenvalue weighted by atomic mass is 79.9. The Hall–Kier alpha value is -0.830. The van der Waals surface area contributed by atoms with E-state index in [-0.39, 0.29) is 17.0 Å². The van der Waals surface area contributed by atoms with E-state index in [0.717, 1.165) is 0 Å². The number of piperidine rings is 1. The molecule has 0 aromatic heterocycles. The van der Waals surface area contributed by atoms with Gasteiger partial charge in [-0.1, -0.05) is 0 Å². The van der Waals surface area contributed by atoms with Crippen molar-refractivity contribution in [1.82, 2.24) is 4.31 Å². The Morgan fingerprint density at radius 2 is 1.91 bits per heavy atom. The summed E-state index contributed by atoms with van der Waals surface area (Å²) < 4.78 is 38.9. The van der Waals surface area contributed by atoms with Crippen molar-refractivity contribution in [1.29, 1.82) is 0 Å². The summed E-state index contributed by atoms with van der Waals surface area (Å²) in [5.41, 5.74) is 5.92. The second-order valence-corrected chi connectivity index (χ2v) is 8.39. The molecule has 3 rings (SSSR count). The van der Waals surface area contributed by atoms with Crippen molar-refractivity contribution in [3.05, 3.63) is 16.6 Å². The number of halogens is 1. The van der Waals surface area contributed by atoms with E-state index in [1.165, 1.54) is 10.4 Å². The van der Waals surface area contributed by atoms with Crippen molar-refractivity contribution in [3.63, 3.8) is 0 Å². The largest absolute Gasteiger partial charge is 0.486 e. The molecule has 6 nitrogen and oxygen atoms in total. The van der Waals surface area contributed by atoms with E-state index in [9.17, 15) is 8.42 Å². The summed E-state index contributed by atoms with van der Waals surface area (Å²) in [6.45, 7) is 3.21. The van der Waals surface area contributed by atoms with Gasteiger partial charge in [0.15, 0.2) is 11.5 Å². The van der Waals surface area contributed by atoms with Crippen molar-refractivity contribution in [2.75, 3.05) is 19.8 Å². The second-order valence-electron chi connectivity index (χ2n) is 5.68. The fourth-order valence-electron chi connectivity index (χ4n) is 2.91. The summed E-state index contributed by atoms with van der Waals surface area (Å²) in [5, 5.41) is 0. The Labute approximate surface area is 138 Å². The Morgan fingerprint density at radius 3 is 2.55 bits per heavy atom. The molecule has 0 radical (unpaired) electrons. The average molecular weight is 391 g/mol. The molecule has 1 saturated heterocycles. The van der Waals surface area contributed by atoms with E-state index < -0.39 is 10.0 Å². The number of nitrogens with zero attached hydrogens (tertiary/aromatic N) is 1. The smallest absolute Gasteiger partial charge is 0.244 e. The van der Waals surface area contributed by atoms with Gasteiger partial charge in [0, 0.05) is 29.2 Å². The van der Waals surface area contributed by atoms with Gasteiger partial charge in [-0.25, -0.2) is 8.42 Å². The van der Waals surface area contributed by atoms with Gasteiger partial charge in [0.2, 0.25) is 10.0 Å². The Morgan fingerprint density at radius 1 is 1.27 bits per heavy atom. The van der Waals surface area contributed by atoms with Gasteiger partial charge in [0.05, 0.1) is 0 Å². The summed E-state index contributed by atoms with van der Waals surface area (Å²) in [5.74, 6) is 1.03. The van der Waals surface area contributed by atoms with E-state index in [1.54, 1.807) is 6.07 Å². The molecule has 0 aliphatic carbocycles. The Balaban J connectivity index is 1.98. The topological polar surface area (TPSA) is 81.9 Å². The van der Waals surface area contributed by atoms with Crippen molar-refractivity contribution in [2.45, 2.75) is 36.7 Å². The zero-order chi connectivity index (χ0) is 15.9. The fraction of sp³-hybridized carbons (Fsp3) is 0.571. The molecule has 2 aliphatic rings. The van der Waals surface area contributed by atoms with Gasteiger partial charge in [-0.05, 0) is 41.8 Å². The number of ether oxygens (including phenoxy) is 2. The molecule has 2 N–H and O–H groups in total. The summed E-state index contributed by atoms with van der Waals surface area (Å²) in [6, 6.07) is 3.13. The highest BCUT2D eigenvalue weighted by Crippen LogP contribution is 2.39. The minimum Gasteiger partial charge on any atom is -0.486 e. The van der Waals surface area contributed by atoms with Crippen LogP contribution in [-0.4, -0.2) is 44.6 Å². The van der Waals surface area contributed by atoms with Crippen LogP contribution in [0.2, 0.25) is 0 Å². The standard InChI is InChI=1S/C14H19BrN2O4S/c1-9-6-10(16)2-3-17(9)22(18,19)14-8-13-12(7-11(14)15)20-4-5-21-13/h7-10H,2-6,16H2,1H3. The van der Waals surface area contributed by atoms with Crippen LogP contribution in [-0.2, 0) is 10.0 Å². The van der Waals surface area contributed by atoms with E-state index in [4.69, 9.17) is 15.2 Å². The molecular weight excluding hydrogens is 372 g/mol. The first-order valence-corrected chi connectivity index (χ1v) is 9.49. The number of hydrogen-bond donors (Lipinski definition) is 1. The van der Waals surface area contributed by atoms with E-state index >= 15 is 0 Å². The molecule has 2 unspecified atom stereocenters. The molecule has 8 heteroatoms. The highest BCUT2D eigenvalue weighted by molar-refractivity contribution is 9.10. The first-order chi connectivity index (χ1) is 10.4. The lowest BCUT2D eigenvalue weighted by atomic mass is 10.0. The fourth-order valence-corrected chi connectivity index (χ4v) is 5.57. The minimum atomic E-state index is -3.60. The zero-order valence-corrected chi connectivity index (χ0v) is 14.7. The summed E-state index contributed by atoms with van der Waals surface area (Å²) in [7, 11) is -3.60. The van der Waals surface area contributed by atoms with Crippen molar-refractivity contribution < 1.29 is 17.9 Å². The molecule has 1 fully saturated rings. The van der Waals surface area contributed by atoms with Crippen LogP contribution in [0, 0.1) is 0 Å². The molecule has 2 atom stereocenters. The van der Waals surface area contributed by atoms with Crippen LogP contribution in [0.3, 0.4) is 0 Å². The molecule has 2 heterocycles. The quantitative estimate of drug-likeness (QED) is 0.830. The van der Waals surface area contributed by atoms with Crippen LogP contribution in [0.15, 0.2) is 21.5 Å².